The Kier molecular flexibility index (Phi) is 5.16. The molecule has 170 valence electrons. The molecule has 1 spiro atoms. The first-order valence-electron chi connectivity index (χ1n) is 11.3. The third-order valence-electron chi connectivity index (χ3n) is 6.99. The van der Waals surface area contributed by atoms with E-state index in [1.165, 1.54) is 6.33 Å². The average molecular weight is 439 g/mol. The predicted molar refractivity (Wildman–Crippen MR) is 119 cm³/mol. The molecule has 1 saturated carbocycles. The second kappa shape index (κ2) is 7.88. The number of nitrogens with zero attached hydrogens (tertiary/aromatic N) is 3. The number of nitrogens with one attached hydrogen (secondary N) is 2. The zero-order valence-electron chi connectivity index (χ0n) is 18.4. The highest BCUT2D eigenvalue weighted by Gasteiger charge is 2.42. The lowest BCUT2D eigenvalue weighted by Crippen LogP contribution is -2.57. The van der Waals surface area contributed by atoms with Crippen LogP contribution < -0.4 is 16.0 Å². The van der Waals surface area contributed by atoms with Gasteiger partial charge in [-0.3, -0.25) is 4.79 Å². The molecular formula is C23H30N6O3. The van der Waals surface area contributed by atoms with Crippen LogP contribution in [0.5, 0.6) is 0 Å². The predicted octanol–water partition coefficient (Wildman–Crippen LogP) is 1.65. The van der Waals surface area contributed by atoms with Crippen molar-refractivity contribution in [2.45, 2.75) is 50.2 Å². The highest BCUT2D eigenvalue weighted by molar-refractivity contribution is 6.00. The molecule has 32 heavy (non-hydrogen) atoms. The Morgan fingerprint density at radius 3 is 2.75 bits per heavy atom. The summed E-state index contributed by atoms with van der Waals surface area (Å²) in [4.78, 5) is 22.4. The van der Waals surface area contributed by atoms with Crippen molar-refractivity contribution in [3.63, 3.8) is 0 Å². The van der Waals surface area contributed by atoms with Crippen molar-refractivity contribution in [1.29, 1.82) is 5.41 Å². The number of piperidine rings is 1. The van der Waals surface area contributed by atoms with Gasteiger partial charge in [0.2, 0.25) is 5.91 Å². The Morgan fingerprint density at radius 2 is 2.06 bits per heavy atom. The van der Waals surface area contributed by atoms with Crippen molar-refractivity contribution in [2.75, 3.05) is 31.1 Å². The van der Waals surface area contributed by atoms with E-state index in [1.54, 1.807) is 0 Å². The molecule has 2 saturated heterocycles. The van der Waals surface area contributed by atoms with Crippen LogP contribution in [-0.4, -0.2) is 59.0 Å². The first-order chi connectivity index (χ1) is 15.3. The molecular weight excluding hydrogens is 408 g/mol. The van der Waals surface area contributed by atoms with Gasteiger partial charge in [0.1, 0.15) is 24.4 Å². The maximum atomic E-state index is 11.4. The molecule has 4 N–H and O–H groups in total. The lowest BCUT2D eigenvalue weighted by atomic mass is 9.89. The van der Waals surface area contributed by atoms with Crippen LogP contribution in [0.2, 0.25) is 0 Å². The fourth-order valence-corrected chi connectivity index (χ4v) is 4.52. The Bertz CT molecular complexity index is 979. The molecule has 3 heterocycles. The van der Waals surface area contributed by atoms with Gasteiger partial charge < -0.3 is 30.8 Å². The lowest BCUT2D eigenvalue weighted by Gasteiger charge is -2.44. The van der Waals surface area contributed by atoms with Gasteiger partial charge >= 0.3 is 0 Å². The topological polar surface area (TPSA) is 126 Å². The minimum atomic E-state index is -0.282. The van der Waals surface area contributed by atoms with Gasteiger partial charge in [-0.25, -0.2) is 9.97 Å². The molecule has 0 radical (unpaired) electrons. The highest BCUT2D eigenvalue weighted by Crippen LogP contribution is 2.42. The minimum Gasteiger partial charge on any atom is -0.492 e. The van der Waals surface area contributed by atoms with Crippen LogP contribution in [0.1, 0.15) is 44.7 Å². The molecule has 3 fully saturated rings. The number of amides is 1. The van der Waals surface area contributed by atoms with Gasteiger partial charge in [-0.1, -0.05) is 0 Å². The number of carbonyl (C=O) groups is 1. The van der Waals surface area contributed by atoms with E-state index < -0.39 is 0 Å². The van der Waals surface area contributed by atoms with Crippen LogP contribution >= 0.6 is 0 Å². The Labute approximate surface area is 187 Å². The first-order valence-corrected chi connectivity index (χ1v) is 11.3. The molecule has 9 heteroatoms. The van der Waals surface area contributed by atoms with Crippen molar-refractivity contribution >= 4 is 17.4 Å². The highest BCUT2D eigenvalue weighted by atomic mass is 16.5. The second-order valence-corrected chi connectivity index (χ2v) is 9.52. The van der Waals surface area contributed by atoms with Gasteiger partial charge in [-0.15, -0.1) is 0 Å². The quantitative estimate of drug-likeness (QED) is 0.597. The average Bonchev–Trinajstić information content (AvgIpc) is 3.54. The zero-order chi connectivity index (χ0) is 22.3. The molecule has 0 bridgehead atoms. The van der Waals surface area contributed by atoms with Gasteiger partial charge in [0, 0.05) is 43.7 Å². The lowest BCUT2D eigenvalue weighted by molar-refractivity contribution is -0.146. The maximum Gasteiger partial charge on any atom is 0.246 e. The number of hydrogen-bond acceptors (Lipinski definition) is 8. The van der Waals surface area contributed by atoms with Crippen LogP contribution in [0.15, 0.2) is 36.0 Å². The summed E-state index contributed by atoms with van der Waals surface area (Å²) >= 11 is 0. The fraction of sp³-hybridized carbons (Fsp3) is 0.565. The molecule has 2 aliphatic heterocycles. The van der Waals surface area contributed by atoms with Crippen LogP contribution in [0.25, 0.3) is 0 Å². The summed E-state index contributed by atoms with van der Waals surface area (Å²) < 4.78 is 12.0. The van der Waals surface area contributed by atoms with Gasteiger partial charge in [-0.2, -0.15) is 0 Å². The molecule has 1 aromatic rings. The number of morpholine rings is 1. The van der Waals surface area contributed by atoms with E-state index >= 15 is 0 Å². The van der Waals surface area contributed by atoms with Crippen molar-refractivity contribution in [3.05, 3.63) is 41.7 Å². The Balaban J connectivity index is 1.25. The molecule has 1 atom stereocenters. The van der Waals surface area contributed by atoms with Crippen molar-refractivity contribution in [1.82, 2.24) is 15.3 Å². The second-order valence-electron chi connectivity index (χ2n) is 9.52. The third-order valence-corrected chi connectivity index (χ3v) is 6.99. The van der Waals surface area contributed by atoms with E-state index in [-0.39, 0.29) is 29.6 Å². The van der Waals surface area contributed by atoms with E-state index in [0.717, 1.165) is 50.3 Å². The molecule has 4 aliphatic rings. The summed E-state index contributed by atoms with van der Waals surface area (Å²) in [6.07, 6.45) is 9.62. The number of hydrogen-bond donors (Lipinski definition) is 3. The van der Waals surface area contributed by atoms with E-state index in [1.807, 2.05) is 18.2 Å². The number of ether oxygens (including phenoxy) is 2. The molecule has 2 aliphatic carbocycles. The SMILES string of the molecule is CC1(OC2=CC=C(N)C(C(=N)c3cc(N4CCC5(CC4)CNC(=O)CO5)ncn3)C2)CC1. The summed E-state index contributed by atoms with van der Waals surface area (Å²) in [5, 5.41) is 11.7. The van der Waals surface area contributed by atoms with Crippen molar-refractivity contribution < 1.29 is 14.3 Å². The number of rotatable bonds is 5. The van der Waals surface area contributed by atoms with Crippen molar-refractivity contribution in [3.8, 4) is 0 Å². The third kappa shape index (κ3) is 4.21. The number of carbonyl (C=O) groups excluding carboxylic acids is 1. The zero-order valence-corrected chi connectivity index (χ0v) is 18.4. The van der Waals surface area contributed by atoms with Crippen molar-refractivity contribution in [2.24, 2.45) is 11.7 Å². The number of aromatic nitrogens is 2. The normalized spacial score (nSPS) is 26.1. The Morgan fingerprint density at radius 1 is 1.28 bits per heavy atom. The van der Waals surface area contributed by atoms with Crippen LogP contribution in [0.4, 0.5) is 5.82 Å². The number of allylic oxidation sites excluding steroid dienone is 4. The van der Waals surface area contributed by atoms with E-state index in [2.05, 4.69) is 27.1 Å². The molecule has 1 unspecified atom stereocenters. The summed E-state index contributed by atoms with van der Waals surface area (Å²) in [5.74, 6) is 1.36. The summed E-state index contributed by atoms with van der Waals surface area (Å²) in [6.45, 7) is 4.34. The maximum absolute atomic E-state index is 11.4. The number of anilines is 1. The molecule has 1 amide bonds. The van der Waals surface area contributed by atoms with Crippen LogP contribution in [0, 0.1) is 11.3 Å². The van der Waals surface area contributed by atoms with Crippen LogP contribution in [0.3, 0.4) is 0 Å². The molecule has 5 rings (SSSR count). The van der Waals surface area contributed by atoms with E-state index in [0.29, 0.717) is 30.1 Å². The standard InChI is InChI=1S/C23H30N6O3/c1-22(4-5-22)32-15-2-3-17(24)16(10-15)21(25)18-11-19(28-14-27-18)29-8-6-23(7-9-29)13-26-20(30)12-31-23/h2-3,11,14,16,25H,4-10,12-13,24H2,1H3,(H,26,30). The van der Waals surface area contributed by atoms with Gasteiger partial charge in [0.05, 0.1) is 22.8 Å². The Hall–Kier alpha value is -2.94. The largest absolute Gasteiger partial charge is 0.492 e. The van der Waals surface area contributed by atoms with Gasteiger partial charge in [-0.05, 0) is 44.8 Å². The van der Waals surface area contributed by atoms with E-state index in [9.17, 15) is 4.79 Å². The summed E-state index contributed by atoms with van der Waals surface area (Å²) in [6, 6.07) is 1.87. The monoisotopic (exact) mass is 438 g/mol. The van der Waals surface area contributed by atoms with Gasteiger partial charge in [0.15, 0.2) is 0 Å². The smallest absolute Gasteiger partial charge is 0.246 e. The van der Waals surface area contributed by atoms with Gasteiger partial charge in [0.25, 0.3) is 0 Å². The minimum absolute atomic E-state index is 0.0531. The summed E-state index contributed by atoms with van der Waals surface area (Å²) in [5.41, 5.74) is 7.52. The first kappa shape index (κ1) is 20.9. The fourth-order valence-electron chi connectivity index (χ4n) is 4.52. The van der Waals surface area contributed by atoms with E-state index in [4.69, 9.17) is 20.6 Å². The molecule has 9 nitrogen and oxygen atoms in total. The molecule has 0 aromatic carbocycles. The van der Waals surface area contributed by atoms with Crippen LogP contribution in [-0.2, 0) is 14.3 Å². The molecule has 1 aromatic heterocycles. The summed E-state index contributed by atoms with van der Waals surface area (Å²) in [7, 11) is 0. The number of nitrogens with two attached hydrogens (primary N) is 1.